The number of hydrogen-bond donors (Lipinski definition) is 1. The van der Waals surface area contributed by atoms with Crippen molar-refractivity contribution in [1.82, 2.24) is 14.8 Å². The van der Waals surface area contributed by atoms with Crippen LogP contribution < -0.4 is 15.4 Å². The summed E-state index contributed by atoms with van der Waals surface area (Å²) in [5.74, 6) is 1.68. The Morgan fingerprint density at radius 3 is 3.00 bits per heavy atom. The maximum atomic E-state index is 6.08. The molecule has 1 aliphatic heterocycles. The molecule has 1 aliphatic rings. The SMILES string of the molecule is Cn1ncnc1COc1ccccc1N1CCCC(N)C1. The first kappa shape index (κ1) is 13.9. The normalized spacial score (nSPS) is 18.8. The number of nitrogens with two attached hydrogens (primary N) is 1. The van der Waals surface area contributed by atoms with E-state index in [4.69, 9.17) is 10.5 Å². The molecule has 0 aliphatic carbocycles. The molecule has 0 spiro atoms. The van der Waals surface area contributed by atoms with Gasteiger partial charge >= 0.3 is 0 Å². The molecule has 1 aromatic carbocycles. The second-order valence-electron chi connectivity index (χ2n) is 5.40. The van der Waals surface area contributed by atoms with Gasteiger partial charge in [-0.2, -0.15) is 5.10 Å². The van der Waals surface area contributed by atoms with Crippen LogP contribution in [0.1, 0.15) is 18.7 Å². The maximum Gasteiger partial charge on any atom is 0.164 e. The third-order valence-electron chi connectivity index (χ3n) is 3.83. The molecular weight excluding hydrogens is 266 g/mol. The van der Waals surface area contributed by atoms with Gasteiger partial charge < -0.3 is 15.4 Å². The molecule has 1 atom stereocenters. The van der Waals surface area contributed by atoms with Gasteiger partial charge in [0.25, 0.3) is 0 Å². The van der Waals surface area contributed by atoms with E-state index in [1.165, 1.54) is 6.33 Å². The molecule has 2 heterocycles. The zero-order valence-corrected chi connectivity index (χ0v) is 12.3. The maximum absolute atomic E-state index is 6.08. The number of benzene rings is 1. The van der Waals surface area contributed by atoms with Gasteiger partial charge in [0.2, 0.25) is 0 Å². The first-order valence-electron chi connectivity index (χ1n) is 7.29. The van der Waals surface area contributed by atoms with Crippen LogP contribution in [0.5, 0.6) is 5.75 Å². The lowest BCUT2D eigenvalue weighted by atomic mass is 10.1. The Balaban J connectivity index is 1.74. The monoisotopic (exact) mass is 287 g/mol. The summed E-state index contributed by atoms with van der Waals surface area (Å²) in [6.45, 7) is 2.32. The fraction of sp³-hybridized carbons (Fsp3) is 0.467. The molecule has 21 heavy (non-hydrogen) atoms. The highest BCUT2D eigenvalue weighted by Crippen LogP contribution is 2.30. The van der Waals surface area contributed by atoms with Gasteiger partial charge in [-0.3, -0.25) is 4.68 Å². The van der Waals surface area contributed by atoms with Gasteiger partial charge in [0.1, 0.15) is 18.7 Å². The molecule has 1 aromatic heterocycles. The van der Waals surface area contributed by atoms with Crippen LogP contribution in [0.3, 0.4) is 0 Å². The Labute approximate surface area is 124 Å². The zero-order valence-electron chi connectivity index (χ0n) is 12.3. The molecule has 0 amide bonds. The lowest BCUT2D eigenvalue weighted by Crippen LogP contribution is -2.42. The van der Waals surface area contributed by atoms with Gasteiger partial charge in [-0.25, -0.2) is 4.98 Å². The topological polar surface area (TPSA) is 69.2 Å². The average molecular weight is 287 g/mol. The fourth-order valence-corrected chi connectivity index (χ4v) is 2.66. The second-order valence-corrected chi connectivity index (χ2v) is 5.40. The van der Waals surface area contributed by atoms with E-state index in [1.807, 2.05) is 25.2 Å². The van der Waals surface area contributed by atoms with Crippen molar-refractivity contribution in [2.24, 2.45) is 12.8 Å². The van der Waals surface area contributed by atoms with Gasteiger partial charge in [0.05, 0.1) is 5.69 Å². The molecule has 0 saturated carbocycles. The first-order valence-corrected chi connectivity index (χ1v) is 7.29. The van der Waals surface area contributed by atoms with Crippen LogP contribution in [0.4, 0.5) is 5.69 Å². The van der Waals surface area contributed by atoms with E-state index in [0.29, 0.717) is 6.61 Å². The lowest BCUT2D eigenvalue weighted by molar-refractivity contribution is 0.289. The van der Waals surface area contributed by atoms with E-state index in [-0.39, 0.29) is 6.04 Å². The van der Waals surface area contributed by atoms with E-state index in [0.717, 1.165) is 43.2 Å². The largest absolute Gasteiger partial charge is 0.483 e. The zero-order chi connectivity index (χ0) is 14.7. The number of hydrogen-bond acceptors (Lipinski definition) is 5. The molecule has 6 heteroatoms. The smallest absolute Gasteiger partial charge is 0.164 e. The van der Waals surface area contributed by atoms with E-state index in [1.54, 1.807) is 4.68 Å². The molecule has 6 nitrogen and oxygen atoms in total. The fourth-order valence-electron chi connectivity index (χ4n) is 2.66. The summed E-state index contributed by atoms with van der Waals surface area (Å²) in [4.78, 5) is 6.48. The average Bonchev–Trinajstić information content (AvgIpc) is 2.91. The molecule has 3 rings (SSSR count). The molecular formula is C15H21N5O. The number of aryl methyl sites for hydroxylation is 1. The van der Waals surface area contributed by atoms with Crippen molar-refractivity contribution in [3.05, 3.63) is 36.4 Å². The molecule has 0 radical (unpaired) electrons. The molecule has 2 N–H and O–H groups in total. The molecule has 1 unspecified atom stereocenters. The Kier molecular flexibility index (Phi) is 4.06. The predicted molar refractivity (Wildman–Crippen MR) is 81.2 cm³/mol. The van der Waals surface area contributed by atoms with Crippen molar-refractivity contribution in [3.8, 4) is 5.75 Å². The Bertz CT molecular complexity index is 597. The Hall–Kier alpha value is -2.08. The minimum Gasteiger partial charge on any atom is -0.483 e. The van der Waals surface area contributed by atoms with Crippen LogP contribution in [0.25, 0.3) is 0 Å². The quantitative estimate of drug-likeness (QED) is 0.918. The number of anilines is 1. The number of ether oxygens (including phenoxy) is 1. The van der Waals surface area contributed by atoms with Gasteiger partial charge in [0, 0.05) is 26.2 Å². The van der Waals surface area contributed by atoms with Crippen LogP contribution in [-0.2, 0) is 13.7 Å². The van der Waals surface area contributed by atoms with Gasteiger partial charge in [-0.1, -0.05) is 12.1 Å². The number of nitrogens with zero attached hydrogens (tertiary/aromatic N) is 4. The predicted octanol–water partition coefficient (Wildman–Crippen LogP) is 1.32. The number of rotatable bonds is 4. The minimum absolute atomic E-state index is 0.241. The van der Waals surface area contributed by atoms with E-state index in [2.05, 4.69) is 21.0 Å². The molecule has 2 aromatic rings. The number of piperidine rings is 1. The molecule has 1 fully saturated rings. The van der Waals surface area contributed by atoms with Crippen LogP contribution >= 0.6 is 0 Å². The van der Waals surface area contributed by atoms with Gasteiger partial charge in [0.15, 0.2) is 5.82 Å². The van der Waals surface area contributed by atoms with Crippen molar-refractivity contribution in [1.29, 1.82) is 0 Å². The summed E-state index contributed by atoms with van der Waals surface area (Å²) in [5, 5.41) is 4.05. The van der Waals surface area contributed by atoms with Crippen LogP contribution in [0.15, 0.2) is 30.6 Å². The molecule has 112 valence electrons. The van der Waals surface area contributed by atoms with Crippen molar-refractivity contribution in [2.75, 3.05) is 18.0 Å². The van der Waals surface area contributed by atoms with Crippen molar-refractivity contribution in [3.63, 3.8) is 0 Å². The number of para-hydroxylation sites is 2. The summed E-state index contributed by atoms with van der Waals surface area (Å²) in [5.41, 5.74) is 7.19. The molecule has 0 bridgehead atoms. The Morgan fingerprint density at radius 2 is 2.24 bits per heavy atom. The summed E-state index contributed by atoms with van der Waals surface area (Å²) in [6.07, 6.45) is 3.76. The molecule has 1 saturated heterocycles. The lowest BCUT2D eigenvalue weighted by Gasteiger charge is -2.33. The summed E-state index contributed by atoms with van der Waals surface area (Å²) in [7, 11) is 1.86. The van der Waals surface area contributed by atoms with Crippen molar-refractivity contribution >= 4 is 5.69 Å². The highest BCUT2D eigenvalue weighted by atomic mass is 16.5. The minimum atomic E-state index is 0.241. The van der Waals surface area contributed by atoms with Crippen LogP contribution in [0, 0.1) is 0 Å². The standard InChI is InChI=1S/C15H21N5O/c1-19-15(17-11-18-19)10-21-14-7-3-2-6-13(14)20-8-4-5-12(16)9-20/h2-3,6-7,11-12H,4-5,8-10,16H2,1H3. The van der Waals surface area contributed by atoms with Crippen LogP contribution in [-0.4, -0.2) is 33.9 Å². The van der Waals surface area contributed by atoms with Crippen molar-refractivity contribution < 1.29 is 4.74 Å². The van der Waals surface area contributed by atoms with E-state index >= 15 is 0 Å². The summed E-state index contributed by atoms with van der Waals surface area (Å²) >= 11 is 0. The van der Waals surface area contributed by atoms with Crippen LogP contribution in [0.2, 0.25) is 0 Å². The van der Waals surface area contributed by atoms with E-state index in [9.17, 15) is 0 Å². The Morgan fingerprint density at radius 1 is 1.38 bits per heavy atom. The highest BCUT2D eigenvalue weighted by molar-refractivity contribution is 5.58. The second kappa shape index (κ2) is 6.13. The summed E-state index contributed by atoms with van der Waals surface area (Å²) in [6, 6.07) is 8.34. The van der Waals surface area contributed by atoms with Gasteiger partial charge in [-0.05, 0) is 25.0 Å². The first-order chi connectivity index (χ1) is 10.2. The highest BCUT2D eigenvalue weighted by Gasteiger charge is 2.19. The van der Waals surface area contributed by atoms with Gasteiger partial charge in [-0.15, -0.1) is 0 Å². The third kappa shape index (κ3) is 3.16. The number of aromatic nitrogens is 3. The van der Waals surface area contributed by atoms with E-state index < -0.39 is 0 Å². The third-order valence-corrected chi connectivity index (χ3v) is 3.83. The van der Waals surface area contributed by atoms with Crippen molar-refractivity contribution in [2.45, 2.75) is 25.5 Å². The summed E-state index contributed by atoms with van der Waals surface area (Å²) < 4.78 is 7.67.